The predicted molar refractivity (Wildman–Crippen MR) is 108 cm³/mol. The molecule has 4 nitrogen and oxygen atoms in total. The second-order valence-electron chi connectivity index (χ2n) is 8.41. The highest BCUT2D eigenvalue weighted by atomic mass is 35.5. The summed E-state index contributed by atoms with van der Waals surface area (Å²) in [4.78, 5) is 16.6. The van der Waals surface area contributed by atoms with E-state index >= 15 is 0 Å². The van der Waals surface area contributed by atoms with Crippen LogP contribution in [0, 0.1) is 5.92 Å². The van der Waals surface area contributed by atoms with Crippen molar-refractivity contribution in [3.63, 3.8) is 0 Å². The minimum absolute atomic E-state index is 0.231. The van der Waals surface area contributed by atoms with Gasteiger partial charge in [-0.3, -0.25) is 4.90 Å². The molecule has 0 bridgehead atoms. The number of ether oxygens (including phenoxy) is 1. The molecule has 1 heterocycles. The van der Waals surface area contributed by atoms with E-state index in [1.54, 1.807) is 6.07 Å². The van der Waals surface area contributed by atoms with Crippen molar-refractivity contribution in [3.8, 4) is 0 Å². The van der Waals surface area contributed by atoms with Crippen LogP contribution < -0.4 is 0 Å². The number of hydrogen-bond acceptors (Lipinski definition) is 3. The second kappa shape index (κ2) is 8.81. The van der Waals surface area contributed by atoms with Gasteiger partial charge in [-0.15, -0.1) is 0 Å². The van der Waals surface area contributed by atoms with E-state index in [-0.39, 0.29) is 6.09 Å². The van der Waals surface area contributed by atoms with Gasteiger partial charge >= 0.3 is 6.09 Å². The van der Waals surface area contributed by atoms with Crippen molar-refractivity contribution in [1.29, 1.82) is 0 Å². The van der Waals surface area contributed by atoms with Crippen LogP contribution in [0.2, 0.25) is 10.0 Å². The Morgan fingerprint density at radius 3 is 2.65 bits per heavy atom. The molecule has 0 aliphatic carbocycles. The van der Waals surface area contributed by atoms with Crippen LogP contribution in [0.5, 0.6) is 0 Å². The fourth-order valence-corrected chi connectivity index (χ4v) is 3.61. The van der Waals surface area contributed by atoms with Crippen LogP contribution in [0.15, 0.2) is 18.2 Å². The lowest BCUT2D eigenvalue weighted by molar-refractivity contribution is 0.0277. The van der Waals surface area contributed by atoms with Gasteiger partial charge in [0.25, 0.3) is 0 Å². The first-order valence-electron chi connectivity index (χ1n) is 9.21. The molecule has 2 rings (SSSR count). The van der Waals surface area contributed by atoms with Crippen molar-refractivity contribution in [2.24, 2.45) is 5.92 Å². The predicted octanol–water partition coefficient (Wildman–Crippen LogP) is 5.46. The van der Waals surface area contributed by atoms with Gasteiger partial charge in [-0.25, -0.2) is 4.79 Å². The zero-order valence-electron chi connectivity index (χ0n) is 16.4. The first-order chi connectivity index (χ1) is 12.1. The largest absolute Gasteiger partial charge is 0.444 e. The first-order valence-corrected chi connectivity index (χ1v) is 9.97. The van der Waals surface area contributed by atoms with Crippen LogP contribution in [-0.2, 0) is 11.3 Å². The summed E-state index contributed by atoms with van der Waals surface area (Å²) in [7, 11) is 0. The third-order valence-corrected chi connectivity index (χ3v) is 5.19. The summed E-state index contributed by atoms with van der Waals surface area (Å²) in [5, 5.41) is 1.19. The number of amides is 1. The Labute approximate surface area is 167 Å². The number of rotatable bonds is 5. The SMILES string of the molecule is CC(C)CN(Cc1cccc(Cl)c1Cl)[C@H]1CCN(C(=O)OC(C)(C)C)C1. The molecule has 1 fully saturated rings. The molecule has 1 aromatic rings. The van der Waals surface area contributed by atoms with Crippen molar-refractivity contribution in [2.75, 3.05) is 19.6 Å². The smallest absolute Gasteiger partial charge is 0.410 e. The van der Waals surface area contributed by atoms with Gasteiger partial charge in [-0.1, -0.05) is 49.2 Å². The molecule has 1 aromatic carbocycles. The fourth-order valence-electron chi connectivity index (χ4n) is 3.23. The van der Waals surface area contributed by atoms with E-state index in [0.717, 1.165) is 31.6 Å². The number of carbonyl (C=O) groups excluding carboxylic acids is 1. The van der Waals surface area contributed by atoms with E-state index in [9.17, 15) is 4.79 Å². The molecule has 1 aliphatic heterocycles. The maximum Gasteiger partial charge on any atom is 0.410 e. The van der Waals surface area contributed by atoms with Crippen LogP contribution in [0.25, 0.3) is 0 Å². The topological polar surface area (TPSA) is 32.8 Å². The molecule has 26 heavy (non-hydrogen) atoms. The van der Waals surface area contributed by atoms with Crippen LogP contribution in [0.4, 0.5) is 4.79 Å². The van der Waals surface area contributed by atoms with Gasteiger partial charge in [0.15, 0.2) is 0 Å². The highest BCUT2D eigenvalue weighted by Crippen LogP contribution is 2.28. The lowest BCUT2D eigenvalue weighted by atomic mass is 10.1. The summed E-state index contributed by atoms with van der Waals surface area (Å²) >= 11 is 12.6. The third kappa shape index (κ3) is 6.04. The molecule has 0 aromatic heterocycles. The van der Waals surface area contributed by atoms with Crippen molar-refractivity contribution < 1.29 is 9.53 Å². The number of halogens is 2. The molecule has 0 unspecified atom stereocenters. The van der Waals surface area contributed by atoms with Crippen molar-refractivity contribution in [2.45, 2.75) is 59.2 Å². The van der Waals surface area contributed by atoms with Crippen molar-refractivity contribution >= 4 is 29.3 Å². The molecular weight excluding hydrogens is 371 g/mol. The van der Waals surface area contributed by atoms with Crippen molar-refractivity contribution in [1.82, 2.24) is 9.80 Å². The minimum atomic E-state index is -0.471. The molecule has 6 heteroatoms. The molecule has 0 N–H and O–H groups in total. The first kappa shape index (κ1) is 21.3. The maximum absolute atomic E-state index is 12.4. The highest BCUT2D eigenvalue weighted by molar-refractivity contribution is 6.42. The highest BCUT2D eigenvalue weighted by Gasteiger charge is 2.33. The molecule has 146 valence electrons. The second-order valence-corrected chi connectivity index (χ2v) is 9.19. The van der Waals surface area contributed by atoms with Gasteiger partial charge in [0.2, 0.25) is 0 Å². The number of likely N-dealkylation sites (tertiary alicyclic amines) is 1. The summed E-state index contributed by atoms with van der Waals surface area (Å²) in [5.41, 5.74) is 0.553. The van der Waals surface area contributed by atoms with E-state index in [1.807, 2.05) is 37.8 Å². The molecule has 0 radical (unpaired) electrons. The summed E-state index contributed by atoms with van der Waals surface area (Å²) in [5.74, 6) is 0.517. The maximum atomic E-state index is 12.4. The van der Waals surface area contributed by atoms with Crippen LogP contribution in [0.3, 0.4) is 0 Å². The average molecular weight is 401 g/mol. The molecule has 1 atom stereocenters. The van der Waals surface area contributed by atoms with Gasteiger partial charge in [0, 0.05) is 32.2 Å². The Balaban J connectivity index is 2.08. The summed E-state index contributed by atoms with van der Waals surface area (Å²) in [6, 6.07) is 6.04. The number of benzene rings is 1. The Morgan fingerprint density at radius 1 is 1.35 bits per heavy atom. The Bertz CT molecular complexity index is 629. The molecule has 0 saturated carbocycles. The van der Waals surface area contributed by atoms with E-state index in [4.69, 9.17) is 27.9 Å². The Kier molecular flexibility index (Phi) is 7.23. The van der Waals surface area contributed by atoms with Crippen LogP contribution in [0.1, 0.15) is 46.6 Å². The monoisotopic (exact) mass is 400 g/mol. The van der Waals surface area contributed by atoms with Crippen LogP contribution >= 0.6 is 23.2 Å². The zero-order valence-corrected chi connectivity index (χ0v) is 17.9. The van der Waals surface area contributed by atoms with Gasteiger partial charge in [0.1, 0.15) is 5.60 Å². The number of nitrogens with zero attached hydrogens (tertiary/aromatic N) is 2. The number of carbonyl (C=O) groups is 1. The lowest BCUT2D eigenvalue weighted by Crippen LogP contribution is -2.41. The van der Waals surface area contributed by atoms with Gasteiger partial charge in [-0.2, -0.15) is 0 Å². The third-order valence-electron chi connectivity index (χ3n) is 4.34. The van der Waals surface area contributed by atoms with Gasteiger partial charge in [-0.05, 0) is 44.7 Å². The summed E-state index contributed by atoms with van der Waals surface area (Å²) < 4.78 is 5.51. The number of hydrogen-bond donors (Lipinski definition) is 0. The summed E-state index contributed by atoms with van der Waals surface area (Å²) in [6.45, 7) is 13.2. The van der Waals surface area contributed by atoms with E-state index in [2.05, 4.69) is 18.7 Å². The summed E-state index contributed by atoms with van der Waals surface area (Å²) in [6.07, 6.45) is 0.703. The standard InChI is InChI=1S/C20H30Cl2N2O2/c1-14(2)11-24(12-15-7-6-8-17(21)18(15)22)16-9-10-23(13-16)19(25)26-20(3,4)5/h6-8,14,16H,9-13H2,1-5H3/t16-/m0/s1. The Morgan fingerprint density at radius 2 is 2.04 bits per heavy atom. The van der Waals surface area contributed by atoms with E-state index in [1.165, 1.54) is 0 Å². The van der Waals surface area contributed by atoms with Gasteiger partial charge in [0.05, 0.1) is 10.0 Å². The van der Waals surface area contributed by atoms with E-state index < -0.39 is 5.60 Å². The van der Waals surface area contributed by atoms with Gasteiger partial charge < -0.3 is 9.64 Å². The molecule has 1 aliphatic rings. The molecule has 1 amide bonds. The van der Waals surface area contributed by atoms with Crippen LogP contribution in [-0.4, -0.2) is 47.2 Å². The van der Waals surface area contributed by atoms with E-state index in [0.29, 0.717) is 28.5 Å². The minimum Gasteiger partial charge on any atom is -0.444 e. The average Bonchev–Trinajstić information content (AvgIpc) is 2.99. The normalized spacial score (nSPS) is 18.0. The Hall–Kier alpha value is -0.970. The fraction of sp³-hybridized carbons (Fsp3) is 0.650. The molecule has 0 spiro atoms. The quantitative estimate of drug-likeness (QED) is 0.657. The van der Waals surface area contributed by atoms with Crippen molar-refractivity contribution in [3.05, 3.63) is 33.8 Å². The molecule has 1 saturated heterocycles. The zero-order chi connectivity index (χ0) is 19.5. The molecular formula is C20H30Cl2N2O2. The lowest BCUT2D eigenvalue weighted by Gasteiger charge is -2.31.